The maximum Gasteiger partial charge on any atom is 0.243 e. The average molecular weight is 327 g/mol. The molecule has 0 heterocycles. The van der Waals surface area contributed by atoms with Crippen molar-refractivity contribution in [3.05, 3.63) is 29.8 Å². The monoisotopic (exact) mass is 326 g/mol. The Kier molecular flexibility index (Phi) is 6.02. The highest BCUT2D eigenvalue weighted by Gasteiger charge is 2.17. The highest BCUT2D eigenvalue weighted by atomic mass is 79.9. The number of hydrogen-bond acceptors (Lipinski definition) is 2. The number of alkyl halides is 1. The Labute approximate surface area is 122 Å². The molecule has 0 aromatic heterocycles. The van der Waals surface area contributed by atoms with Crippen molar-refractivity contribution in [2.45, 2.75) is 25.1 Å². The van der Waals surface area contributed by atoms with Gasteiger partial charge in [-0.25, -0.2) is 0 Å². The van der Waals surface area contributed by atoms with E-state index in [-0.39, 0.29) is 23.2 Å². The van der Waals surface area contributed by atoms with Crippen LogP contribution in [0.1, 0.15) is 19.4 Å². The molecular weight excluding hydrogens is 308 g/mol. The van der Waals surface area contributed by atoms with E-state index in [0.717, 1.165) is 17.7 Å². The smallest absolute Gasteiger partial charge is 0.243 e. The number of likely N-dealkylation sites (N-methyl/N-ethyl adjacent to an activating group) is 1. The lowest BCUT2D eigenvalue weighted by Crippen LogP contribution is -2.38. The molecule has 1 aromatic rings. The topological polar surface area (TPSA) is 49.4 Å². The molecule has 0 aliphatic heterocycles. The van der Waals surface area contributed by atoms with Gasteiger partial charge in [0.15, 0.2) is 0 Å². The molecule has 1 atom stereocenters. The first-order valence-electron chi connectivity index (χ1n) is 6.22. The van der Waals surface area contributed by atoms with E-state index in [1.165, 1.54) is 4.90 Å². The lowest BCUT2D eigenvalue weighted by Gasteiger charge is -2.18. The van der Waals surface area contributed by atoms with Gasteiger partial charge in [0, 0.05) is 12.7 Å². The van der Waals surface area contributed by atoms with Crippen molar-refractivity contribution < 1.29 is 9.59 Å². The summed E-state index contributed by atoms with van der Waals surface area (Å²) in [6.07, 6.45) is 0.851. The van der Waals surface area contributed by atoms with Crippen LogP contribution in [0.2, 0.25) is 0 Å². The molecule has 0 aliphatic carbocycles. The van der Waals surface area contributed by atoms with Crippen LogP contribution in [0.5, 0.6) is 0 Å². The molecule has 1 N–H and O–H groups in total. The molecule has 1 aromatic carbocycles. The van der Waals surface area contributed by atoms with Gasteiger partial charge in [0.05, 0.1) is 11.4 Å². The maximum atomic E-state index is 11.9. The summed E-state index contributed by atoms with van der Waals surface area (Å²) < 4.78 is 0. The van der Waals surface area contributed by atoms with Gasteiger partial charge in [0.1, 0.15) is 0 Å². The molecule has 19 heavy (non-hydrogen) atoms. The number of benzene rings is 1. The van der Waals surface area contributed by atoms with Crippen molar-refractivity contribution in [3.8, 4) is 0 Å². The molecule has 1 rings (SSSR count). The SMILES string of the molecule is CCc1ccccc1NC(=O)CN(C)C(=O)C(C)Br. The van der Waals surface area contributed by atoms with Gasteiger partial charge in [-0.2, -0.15) is 0 Å². The number of aryl methyl sites for hydroxylation is 1. The molecule has 2 amide bonds. The van der Waals surface area contributed by atoms with E-state index in [1.807, 2.05) is 31.2 Å². The fourth-order valence-corrected chi connectivity index (χ4v) is 2.09. The zero-order valence-corrected chi connectivity index (χ0v) is 13.0. The third-order valence-corrected chi connectivity index (χ3v) is 3.16. The molecule has 0 fully saturated rings. The Morgan fingerprint density at radius 3 is 2.58 bits per heavy atom. The van der Waals surface area contributed by atoms with E-state index >= 15 is 0 Å². The molecule has 0 aliphatic rings. The fraction of sp³-hybridized carbons (Fsp3) is 0.429. The van der Waals surface area contributed by atoms with Crippen molar-refractivity contribution in [3.63, 3.8) is 0 Å². The second kappa shape index (κ2) is 7.28. The zero-order chi connectivity index (χ0) is 14.4. The largest absolute Gasteiger partial charge is 0.335 e. The first-order valence-corrected chi connectivity index (χ1v) is 7.14. The average Bonchev–Trinajstić information content (AvgIpc) is 2.38. The van der Waals surface area contributed by atoms with Gasteiger partial charge in [0.25, 0.3) is 0 Å². The number of hydrogen-bond donors (Lipinski definition) is 1. The number of nitrogens with zero attached hydrogens (tertiary/aromatic N) is 1. The van der Waals surface area contributed by atoms with Gasteiger partial charge < -0.3 is 10.2 Å². The normalized spacial score (nSPS) is 11.8. The molecule has 0 spiro atoms. The Balaban J connectivity index is 2.63. The maximum absolute atomic E-state index is 11.9. The summed E-state index contributed by atoms with van der Waals surface area (Å²) >= 11 is 3.20. The van der Waals surface area contributed by atoms with E-state index in [9.17, 15) is 9.59 Å². The van der Waals surface area contributed by atoms with Crippen LogP contribution in [0.3, 0.4) is 0 Å². The molecule has 0 saturated carbocycles. The Bertz CT molecular complexity index is 461. The number of carbonyl (C=O) groups is 2. The minimum Gasteiger partial charge on any atom is -0.335 e. The van der Waals surface area contributed by atoms with Crippen molar-refractivity contribution in [1.29, 1.82) is 0 Å². The Morgan fingerprint density at radius 1 is 1.37 bits per heavy atom. The molecule has 0 radical (unpaired) electrons. The molecular formula is C14H19BrN2O2. The number of anilines is 1. The summed E-state index contributed by atoms with van der Waals surface area (Å²) in [5.41, 5.74) is 1.89. The van der Waals surface area contributed by atoms with Gasteiger partial charge in [-0.3, -0.25) is 9.59 Å². The predicted octanol–water partition coefficient (Wildman–Crippen LogP) is 2.43. The van der Waals surface area contributed by atoms with Crippen LogP contribution in [0.25, 0.3) is 0 Å². The van der Waals surface area contributed by atoms with Crippen LogP contribution in [0.15, 0.2) is 24.3 Å². The number of carbonyl (C=O) groups excluding carboxylic acids is 2. The Hall–Kier alpha value is -1.36. The second-order valence-electron chi connectivity index (χ2n) is 4.37. The van der Waals surface area contributed by atoms with Gasteiger partial charge in [-0.1, -0.05) is 41.1 Å². The van der Waals surface area contributed by atoms with E-state index in [2.05, 4.69) is 21.2 Å². The van der Waals surface area contributed by atoms with Crippen LogP contribution in [-0.2, 0) is 16.0 Å². The molecule has 0 bridgehead atoms. The summed E-state index contributed by atoms with van der Waals surface area (Å²) in [4.78, 5) is 24.7. The highest BCUT2D eigenvalue weighted by molar-refractivity contribution is 9.10. The Morgan fingerprint density at radius 2 is 2.00 bits per heavy atom. The zero-order valence-electron chi connectivity index (χ0n) is 11.4. The van der Waals surface area contributed by atoms with Crippen molar-refractivity contribution in [2.75, 3.05) is 18.9 Å². The minimum atomic E-state index is -0.284. The first-order chi connectivity index (χ1) is 8.95. The van der Waals surface area contributed by atoms with Crippen molar-refractivity contribution in [1.82, 2.24) is 4.90 Å². The van der Waals surface area contributed by atoms with E-state index in [0.29, 0.717) is 0 Å². The molecule has 104 valence electrons. The van der Waals surface area contributed by atoms with E-state index < -0.39 is 0 Å². The second-order valence-corrected chi connectivity index (χ2v) is 5.74. The first kappa shape index (κ1) is 15.7. The molecule has 4 nitrogen and oxygen atoms in total. The summed E-state index contributed by atoms with van der Waals surface area (Å²) in [5.74, 6) is -0.302. The lowest BCUT2D eigenvalue weighted by molar-refractivity contribution is -0.132. The van der Waals surface area contributed by atoms with Gasteiger partial charge >= 0.3 is 0 Å². The van der Waals surface area contributed by atoms with Gasteiger partial charge in [-0.05, 0) is 25.0 Å². The van der Waals surface area contributed by atoms with Crippen LogP contribution in [0.4, 0.5) is 5.69 Å². The summed E-state index contributed by atoms with van der Waals surface area (Å²) in [5, 5.41) is 2.84. The van der Waals surface area contributed by atoms with Crippen molar-refractivity contribution in [2.24, 2.45) is 0 Å². The number of nitrogens with one attached hydrogen (secondary N) is 1. The molecule has 5 heteroatoms. The molecule has 0 saturated heterocycles. The number of rotatable bonds is 5. The lowest BCUT2D eigenvalue weighted by atomic mass is 10.1. The predicted molar refractivity (Wildman–Crippen MR) is 80.5 cm³/mol. The van der Waals surface area contributed by atoms with Crippen LogP contribution >= 0.6 is 15.9 Å². The highest BCUT2D eigenvalue weighted by Crippen LogP contribution is 2.15. The molecule has 1 unspecified atom stereocenters. The number of halogens is 1. The van der Waals surface area contributed by atoms with Gasteiger partial charge in [-0.15, -0.1) is 0 Å². The standard InChI is InChI=1S/C14H19BrN2O2/c1-4-11-7-5-6-8-12(11)16-13(18)9-17(3)14(19)10(2)15/h5-8,10H,4,9H2,1-3H3,(H,16,18). The fourth-order valence-electron chi connectivity index (χ4n) is 1.74. The van der Waals surface area contributed by atoms with Crippen LogP contribution in [0, 0.1) is 0 Å². The summed E-state index contributed by atoms with van der Waals surface area (Å²) in [6, 6.07) is 7.66. The number of para-hydroxylation sites is 1. The third-order valence-electron chi connectivity index (χ3n) is 2.77. The summed E-state index contributed by atoms with van der Waals surface area (Å²) in [7, 11) is 1.62. The van der Waals surface area contributed by atoms with Gasteiger partial charge in [0.2, 0.25) is 11.8 Å². The minimum absolute atomic E-state index is 0.0484. The third kappa shape index (κ3) is 4.67. The van der Waals surface area contributed by atoms with Crippen LogP contribution in [-0.4, -0.2) is 35.1 Å². The van der Waals surface area contributed by atoms with Crippen LogP contribution < -0.4 is 5.32 Å². The quantitative estimate of drug-likeness (QED) is 0.845. The summed E-state index contributed by atoms with van der Waals surface area (Å²) in [6.45, 7) is 3.82. The van der Waals surface area contributed by atoms with E-state index in [4.69, 9.17) is 0 Å². The number of amides is 2. The van der Waals surface area contributed by atoms with E-state index in [1.54, 1.807) is 14.0 Å². The van der Waals surface area contributed by atoms with Crippen molar-refractivity contribution >= 4 is 33.4 Å².